The molecule has 1 unspecified atom stereocenters. The fraction of sp³-hybridized carbons (Fsp3) is 0. The molecule has 0 saturated heterocycles. The Labute approximate surface area is 99.4 Å². The van der Waals surface area contributed by atoms with Crippen molar-refractivity contribution in [2.24, 2.45) is 0 Å². The Bertz CT molecular complexity index is 415. The third kappa shape index (κ3) is 2.82. The Balaban J connectivity index is 3.30. The Hall–Kier alpha value is -0.820. The van der Waals surface area contributed by atoms with E-state index in [0.717, 1.165) is 18.3 Å². The van der Waals surface area contributed by atoms with Gasteiger partial charge in [0.05, 0.1) is 16.7 Å². The average Bonchev–Trinajstić information content (AvgIpc) is 2.20. The van der Waals surface area contributed by atoms with Crippen molar-refractivity contribution in [3.05, 3.63) is 33.6 Å². The molecule has 0 fully saturated rings. The maximum atomic E-state index is 13.4. The summed E-state index contributed by atoms with van der Waals surface area (Å²) in [4.78, 5) is 9.75. The van der Waals surface area contributed by atoms with Gasteiger partial charge in [-0.25, -0.2) is 4.39 Å². The number of nitro groups is 1. The van der Waals surface area contributed by atoms with Crippen LogP contribution in [0.2, 0.25) is 0 Å². The second-order valence-electron chi connectivity index (χ2n) is 2.51. The summed E-state index contributed by atoms with van der Waals surface area (Å²) in [5.74, 6) is -0.716. The predicted molar refractivity (Wildman–Crippen MR) is 66.9 cm³/mol. The molecule has 0 radical (unpaired) electrons. The molecular weight excluding hydrogens is 335 g/mol. The van der Waals surface area contributed by atoms with Crippen LogP contribution in [0.4, 0.5) is 15.8 Å². The lowest BCUT2D eigenvalue weighted by Crippen LogP contribution is -1.98. The van der Waals surface area contributed by atoms with Crippen molar-refractivity contribution >= 4 is 46.0 Å². The summed E-state index contributed by atoms with van der Waals surface area (Å²) < 4.78 is 13.4. The lowest BCUT2D eigenvalue weighted by molar-refractivity contribution is -0.385. The first-order chi connectivity index (χ1) is 7.10. The van der Waals surface area contributed by atoms with E-state index < -0.39 is 10.7 Å². The number of nitro benzene ring substituents is 1. The van der Waals surface area contributed by atoms with Crippen LogP contribution in [-0.2, 0) is 0 Å². The molecule has 0 heterocycles. The molecule has 1 rings (SSSR count). The van der Waals surface area contributed by atoms with Gasteiger partial charge < -0.3 is 10.5 Å². The normalized spacial score (nSPS) is 10.5. The van der Waals surface area contributed by atoms with Crippen molar-refractivity contribution in [1.29, 1.82) is 5.41 Å². The van der Waals surface area contributed by atoms with Crippen LogP contribution in [0.3, 0.4) is 0 Å². The van der Waals surface area contributed by atoms with Gasteiger partial charge in [0, 0.05) is 24.2 Å². The van der Waals surface area contributed by atoms with Gasteiger partial charge in [-0.15, -0.1) is 0 Å². The molecule has 0 aliphatic heterocycles. The first-order valence-electron chi connectivity index (χ1n) is 3.70. The number of anilines is 1. The number of nitrogens with one attached hydrogen (secondary N) is 2. The highest BCUT2D eigenvalue weighted by Gasteiger charge is 2.14. The zero-order chi connectivity index (χ0) is 11.4. The summed E-state index contributed by atoms with van der Waals surface area (Å²) in [6.45, 7) is 0. The summed E-state index contributed by atoms with van der Waals surface area (Å²) in [7, 11) is 0. The number of rotatable bonds is 4. The van der Waals surface area contributed by atoms with Gasteiger partial charge in [-0.2, -0.15) is 0 Å². The van der Waals surface area contributed by atoms with Crippen molar-refractivity contribution < 1.29 is 9.31 Å². The van der Waals surface area contributed by atoms with Crippen LogP contribution < -0.4 is 5.09 Å². The molecule has 1 aromatic rings. The molecule has 0 bridgehead atoms. The van der Waals surface area contributed by atoms with Crippen molar-refractivity contribution in [2.75, 3.05) is 5.09 Å². The molecule has 0 aliphatic carbocycles. The minimum atomic E-state index is -0.716. The Morgan fingerprint density at radius 2 is 2.33 bits per heavy atom. The number of non-ortho nitro benzene ring substituents is 1. The van der Waals surface area contributed by atoms with Gasteiger partial charge >= 0.3 is 0 Å². The van der Waals surface area contributed by atoms with Gasteiger partial charge in [0.2, 0.25) is 0 Å². The second kappa shape index (κ2) is 5.32. The zero-order valence-corrected chi connectivity index (χ0v) is 10.4. The van der Waals surface area contributed by atoms with Crippen LogP contribution in [0.5, 0.6) is 0 Å². The number of hydrogen-bond donors (Lipinski definition) is 2. The second-order valence-corrected chi connectivity index (χ2v) is 4.57. The summed E-state index contributed by atoms with van der Waals surface area (Å²) in [5, 5.41) is 20.2. The third-order valence-electron chi connectivity index (χ3n) is 1.64. The summed E-state index contributed by atoms with van der Waals surface area (Å²) in [6, 6.07) is 2.00. The standard InChI is InChI=1S/C7H6FIN3O2P/c8-6-2-5(12(13)14)1-4(3-10)7(6)11-15-9/h1-3,10-11,15H. The fourth-order valence-corrected chi connectivity index (χ4v) is 2.18. The van der Waals surface area contributed by atoms with Gasteiger partial charge in [0.25, 0.3) is 5.69 Å². The minimum Gasteiger partial charge on any atom is -0.356 e. The van der Waals surface area contributed by atoms with Crippen LogP contribution in [0.1, 0.15) is 5.56 Å². The Morgan fingerprint density at radius 1 is 1.67 bits per heavy atom. The topological polar surface area (TPSA) is 79.0 Å². The van der Waals surface area contributed by atoms with E-state index in [1.165, 1.54) is 0 Å². The van der Waals surface area contributed by atoms with E-state index in [9.17, 15) is 14.5 Å². The SMILES string of the molecule is N=Cc1cc([N+](=O)[O-])cc(F)c1NPI. The van der Waals surface area contributed by atoms with Crippen LogP contribution in [0, 0.1) is 21.3 Å². The lowest BCUT2D eigenvalue weighted by atomic mass is 10.1. The molecule has 8 heteroatoms. The average molecular weight is 341 g/mol. The molecule has 1 aromatic carbocycles. The Morgan fingerprint density at radius 3 is 2.80 bits per heavy atom. The molecule has 0 amide bonds. The van der Waals surface area contributed by atoms with Crippen molar-refractivity contribution in [3.8, 4) is 0 Å². The zero-order valence-electron chi connectivity index (χ0n) is 7.25. The highest BCUT2D eigenvalue weighted by Crippen LogP contribution is 2.31. The van der Waals surface area contributed by atoms with Crippen LogP contribution in [0.25, 0.3) is 0 Å². The van der Waals surface area contributed by atoms with E-state index in [4.69, 9.17) is 5.41 Å². The highest BCUT2D eigenvalue weighted by molar-refractivity contribution is 14.2. The molecule has 0 spiro atoms. The maximum absolute atomic E-state index is 13.4. The minimum absolute atomic E-state index is 0.128. The molecule has 0 aliphatic rings. The van der Waals surface area contributed by atoms with Gasteiger partial charge in [0.15, 0.2) is 5.82 Å². The lowest BCUT2D eigenvalue weighted by Gasteiger charge is -2.07. The van der Waals surface area contributed by atoms with Crippen LogP contribution in [-0.4, -0.2) is 11.1 Å². The number of benzene rings is 1. The van der Waals surface area contributed by atoms with E-state index in [2.05, 4.69) is 5.09 Å². The molecule has 0 saturated carbocycles. The Kier molecular flexibility index (Phi) is 4.34. The number of hydrogen-bond acceptors (Lipinski definition) is 4. The number of nitrogens with zero attached hydrogens (tertiary/aromatic N) is 1. The van der Waals surface area contributed by atoms with Gasteiger partial charge in [-0.1, -0.05) is 0 Å². The fourth-order valence-electron chi connectivity index (χ4n) is 1.01. The van der Waals surface area contributed by atoms with Crippen LogP contribution >= 0.6 is 28.4 Å². The molecule has 1 atom stereocenters. The van der Waals surface area contributed by atoms with Crippen LogP contribution in [0.15, 0.2) is 12.1 Å². The van der Waals surface area contributed by atoms with E-state index in [-0.39, 0.29) is 23.3 Å². The van der Waals surface area contributed by atoms with Gasteiger partial charge in [0.1, 0.15) is 0 Å². The van der Waals surface area contributed by atoms with Crippen molar-refractivity contribution in [2.45, 2.75) is 0 Å². The smallest absolute Gasteiger partial charge is 0.273 e. The summed E-state index contributed by atoms with van der Waals surface area (Å²) >= 11 is 2.00. The van der Waals surface area contributed by atoms with Gasteiger partial charge in [-0.3, -0.25) is 10.1 Å². The molecule has 5 nitrogen and oxygen atoms in total. The molecule has 2 N–H and O–H groups in total. The first-order valence-corrected chi connectivity index (χ1v) is 7.81. The quantitative estimate of drug-likeness (QED) is 0.290. The highest BCUT2D eigenvalue weighted by atomic mass is 127. The van der Waals surface area contributed by atoms with Gasteiger partial charge in [-0.05, 0) is 22.0 Å². The maximum Gasteiger partial charge on any atom is 0.273 e. The molecule has 15 heavy (non-hydrogen) atoms. The predicted octanol–water partition coefficient (Wildman–Crippen LogP) is 3.09. The molecular formula is C7H6FIN3O2P. The third-order valence-corrected chi connectivity index (χ3v) is 2.80. The number of halogens is 2. The largest absolute Gasteiger partial charge is 0.356 e. The molecule has 80 valence electrons. The monoisotopic (exact) mass is 341 g/mol. The molecule has 0 aromatic heterocycles. The van der Waals surface area contributed by atoms with Crippen molar-refractivity contribution in [1.82, 2.24) is 0 Å². The van der Waals surface area contributed by atoms with E-state index in [1.807, 2.05) is 22.0 Å². The van der Waals surface area contributed by atoms with Crippen molar-refractivity contribution in [3.63, 3.8) is 0 Å². The van der Waals surface area contributed by atoms with E-state index in [1.54, 1.807) is 0 Å². The van der Waals surface area contributed by atoms with E-state index >= 15 is 0 Å². The summed E-state index contributed by atoms with van der Waals surface area (Å²) in [5.41, 5.74) is -0.0532. The summed E-state index contributed by atoms with van der Waals surface area (Å²) in [6.07, 6.45) is 1.11. The first kappa shape index (κ1) is 12.3. The van der Waals surface area contributed by atoms with E-state index in [0.29, 0.717) is 0 Å².